The van der Waals surface area contributed by atoms with Crippen LogP contribution >= 0.6 is 0 Å². The zero-order valence-electron chi connectivity index (χ0n) is 10.5. The summed E-state index contributed by atoms with van der Waals surface area (Å²) in [5.74, 6) is -0.318. The molecule has 0 fully saturated rings. The van der Waals surface area contributed by atoms with Gasteiger partial charge in [0.15, 0.2) is 0 Å². The van der Waals surface area contributed by atoms with Gasteiger partial charge in [-0.1, -0.05) is 19.1 Å². The fraction of sp³-hybridized carbons (Fsp3) is 0.462. The van der Waals surface area contributed by atoms with E-state index in [1.807, 2.05) is 6.92 Å². The topological polar surface area (TPSA) is 55.1 Å². The van der Waals surface area contributed by atoms with E-state index in [1.54, 1.807) is 26.0 Å². The molecule has 1 atom stereocenters. The van der Waals surface area contributed by atoms with Gasteiger partial charge in [0.1, 0.15) is 5.82 Å². The van der Waals surface area contributed by atoms with Gasteiger partial charge in [-0.15, -0.1) is 0 Å². The smallest absolute Gasteiger partial charge is 0.239 e. The Morgan fingerprint density at radius 1 is 1.41 bits per heavy atom. The van der Waals surface area contributed by atoms with Crippen LogP contribution in [-0.2, 0) is 4.79 Å². The molecule has 0 spiro atoms. The van der Waals surface area contributed by atoms with E-state index in [1.165, 1.54) is 12.1 Å². The van der Waals surface area contributed by atoms with Crippen molar-refractivity contribution in [1.29, 1.82) is 0 Å². The Balaban J connectivity index is 2.53. The Kier molecular flexibility index (Phi) is 4.23. The highest BCUT2D eigenvalue weighted by atomic mass is 19.1. The number of hydrogen-bond acceptors (Lipinski definition) is 2. The predicted octanol–water partition coefficient (Wildman–Crippen LogP) is 1.78. The maximum absolute atomic E-state index is 12.7. The van der Waals surface area contributed by atoms with Crippen molar-refractivity contribution in [2.24, 2.45) is 5.73 Å². The summed E-state index contributed by atoms with van der Waals surface area (Å²) in [5.41, 5.74) is 5.78. The summed E-state index contributed by atoms with van der Waals surface area (Å²) in [6, 6.07) is 6.28. The van der Waals surface area contributed by atoms with Crippen LogP contribution in [0.1, 0.15) is 32.3 Å². The third kappa shape index (κ3) is 4.15. The van der Waals surface area contributed by atoms with Gasteiger partial charge >= 0.3 is 0 Å². The summed E-state index contributed by atoms with van der Waals surface area (Å²) in [5, 5.41) is 2.78. The molecule has 94 valence electrons. The fourth-order valence-electron chi connectivity index (χ4n) is 1.38. The molecule has 0 radical (unpaired) electrons. The molecule has 3 nitrogen and oxygen atoms in total. The van der Waals surface area contributed by atoms with Gasteiger partial charge in [0, 0.05) is 6.54 Å². The van der Waals surface area contributed by atoms with Crippen molar-refractivity contribution in [2.45, 2.75) is 32.2 Å². The van der Waals surface area contributed by atoms with Gasteiger partial charge in [0.2, 0.25) is 5.91 Å². The van der Waals surface area contributed by atoms with E-state index in [4.69, 9.17) is 5.73 Å². The highest BCUT2D eigenvalue weighted by Crippen LogP contribution is 2.14. The lowest BCUT2D eigenvalue weighted by atomic mass is 10.0. The monoisotopic (exact) mass is 238 g/mol. The minimum atomic E-state index is -0.873. The lowest BCUT2D eigenvalue weighted by molar-refractivity contribution is -0.125. The molecule has 0 bridgehead atoms. The maximum atomic E-state index is 12.7. The van der Waals surface area contributed by atoms with Crippen molar-refractivity contribution in [2.75, 3.05) is 6.54 Å². The van der Waals surface area contributed by atoms with Crippen molar-refractivity contribution >= 4 is 5.91 Å². The minimum absolute atomic E-state index is 0.127. The highest BCUT2D eigenvalue weighted by molar-refractivity contribution is 5.85. The summed E-state index contributed by atoms with van der Waals surface area (Å²) in [6.45, 7) is 5.78. The zero-order valence-corrected chi connectivity index (χ0v) is 10.5. The lowest BCUT2D eigenvalue weighted by Gasteiger charge is -2.20. The van der Waals surface area contributed by atoms with Crippen molar-refractivity contribution in [3.05, 3.63) is 35.6 Å². The molecule has 1 unspecified atom stereocenters. The van der Waals surface area contributed by atoms with Crippen LogP contribution in [0.2, 0.25) is 0 Å². The average molecular weight is 238 g/mol. The summed E-state index contributed by atoms with van der Waals surface area (Å²) in [4.78, 5) is 11.6. The van der Waals surface area contributed by atoms with Gasteiger partial charge in [-0.25, -0.2) is 4.39 Å². The van der Waals surface area contributed by atoms with Crippen molar-refractivity contribution < 1.29 is 9.18 Å². The quantitative estimate of drug-likeness (QED) is 0.840. The van der Waals surface area contributed by atoms with Gasteiger partial charge < -0.3 is 11.1 Å². The number of nitrogens with one attached hydrogen (secondary N) is 1. The molecule has 3 N–H and O–H groups in total. The minimum Gasteiger partial charge on any atom is -0.354 e. The molecular formula is C13H19FN2O. The second-order valence-electron chi connectivity index (χ2n) is 4.88. The number of amides is 1. The van der Waals surface area contributed by atoms with Crippen LogP contribution in [-0.4, -0.2) is 18.0 Å². The molecule has 0 aliphatic heterocycles. The van der Waals surface area contributed by atoms with Crippen LogP contribution in [0.3, 0.4) is 0 Å². The molecule has 1 rings (SSSR count). The molecule has 0 aliphatic rings. The lowest BCUT2D eigenvalue weighted by Crippen LogP contribution is -2.49. The molecule has 0 saturated heterocycles. The van der Waals surface area contributed by atoms with Gasteiger partial charge in [0.25, 0.3) is 0 Å². The number of halogens is 1. The molecular weight excluding hydrogens is 219 g/mol. The number of carbonyl (C=O) groups is 1. The van der Waals surface area contributed by atoms with E-state index < -0.39 is 5.54 Å². The summed E-state index contributed by atoms with van der Waals surface area (Å²) >= 11 is 0. The van der Waals surface area contributed by atoms with Crippen molar-refractivity contribution in [1.82, 2.24) is 5.32 Å². The van der Waals surface area contributed by atoms with Crippen LogP contribution in [0.4, 0.5) is 4.39 Å². The predicted molar refractivity (Wildman–Crippen MR) is 66.1 cm³/mol. The first-order valence-corrected chi connectivity index (χ1v) is 5.63. The van der Waals surface area contributed by atoms with E-state index >= 15 is 0 Å². The third-order valence-corrected chi connectivity index (χ3v) is 2.59. The summed E-state index contributed by atoms with van der Waals surface area (Å²) in [7, 11) is 0. The molecule has 0 saturated carbocycles. The summed E-state index contributed by atoms with van der Waals surface area (Å²) < 4.78 is 12.7. The number of nitrogens with two attached hydrogens (primary N) is 1. The molecule has 1 aromatic rings. The average Bonchev–Trinajstić information content (AvgIpc) is 2.25. The second-order valence-corrected chi connectivity index (χ2v) is 4.88. The molecule has 0 aromatic heterocycles. The number of benzene rings is 1. The zero-order chi connectivity index (χ0) is 13.1. The van der Waals surface area contributed by atoms with Gasteiger partial charge in [-0.05, 0) is 37.5 Å². The maximum Gasteiger partial charge on any atom is 0.239 e. The molecule has 1 amide bonds. The largest absolute Gasteiger partial charge is 0.354 e. The van der Waals surface area contributed by atoms with E-state index in [9.17, 15) is 9.18 Å². The summed E-state index contributed by atoms with van der Waals surface area (Å²) in [6.07, 6.45) is 0. The molecule has 0 heterocycles. The van der Waals surface area contributed by atoms with Gasteiger partial charge in [0.05, 0.1) is 5.54 Å². The first-order chi connectivity index (χ1) is 7.80. The Morgan fingerprint density at radius 3 is 2.41 bits per heavy atom. The van der Waals surface area contributed by atoms with E-state index in [2.05, 4.69) is 5.32 Å². The number of carbonyl (C=O) groups excluding carboxylic acids is 1. The molecule has 1 aromatic carbocycles. The van der Waals surface area contributed by atoms with E-state index in [-0.39, 0.29) is 17.6 Å². The van der Waals surface area contributed by atoms with Crippen LogP contribution in [0, 0.1) is 5.82 Å². The SMILES string of the molecule is CC(CNC(=O)C(C)(C)N)c1ccc(F)cc1. The molecule has 4 heteroatoms. The van der Waals surface area contributed by atoms with Crippen molar-refractivity contribution in [3.63, 3.8) is 0 Å². The Labute approximate surface area is 101 Å². The first kappa shape index (κ1) is 13.6. The third-order valence-electron chi connectivity index (χ3n) is 2.59. The van der Waals surface area contributed by atoms with Crippen LogP contribution in [0.25, 0.3) is 0 Å². The second kappa shape index (κ2) is 5.27. The van der Waals surface area contributed by atoms with Gasteiger partial charge in [-0.2, -0.15) is 0 Å². The van der Waals surface area contributed by atoms with E-state index in [0.717, 1.165) is 5.56 Å². The fourth-order valence-corrected chi connectivity index (χ4v) is 1.38. The molecule has 0 aliphatic carbocycles. The normalized spacial score (nSPS) is 13.2. The Hall–Kier alpha value is -1.42. The van der Waals surface area contributed by atoms with E-state index in [0.29, 0.717) is 6.54 Å². The first-order valence-electron chi connectivity index (χ1n) is 5.63. The van der Waals surface area contributed by atoms with Gasteiger partial charge in [-0.3, -0.25) is 4.79 Å². The Bertz CT molecular complexity index is 381. The van der Waals surface area contributed by atoms with Crippen LogP contribution < -0.4 is 11.1 Å². The van der Waals surface area contributed by atoms with Crippen LogP contribution in [0.15, 0.2) is 24.3 Å². The number of rotatable bonds is 4. The Morgan fingerprint density at radius 2 is 1.94 bits per heavy atom. The van der Waals surface area contributed by atoms with Crippen LogP contribution in [0.5, 0.6) is 0 Å². The number of hydrogen-bond donors (Lipinski definition) is 2. The highest BCUT2D eigenvalue weighted by Gasteiger charge is 2.21. The molecule has 17 heavy (non-hydrogen) atoms. The standard InChI is InChI=1S/C13H19FN2O/c1-9(8-16-12(17)13(2,3)15)10-4-6-11(14)7-5-10/h4-7,9H,8,15H2,1-3H3,(H,16,17). The van der Waals surface area contributed by atoms with Crippen molar-refractivity contribution in [3.8, 4) is 0 Å².